The molecule has 0 fully saturated rings. The molecule has 98 valence electrons. The Morgan fingerprint density at radius 3 is 2.33 bits per heavy atom. The summed E-state index contributed by atoms with van der Waals surface area (Å²) in [6, 6.07) is 4.30. The van der Waals surface area contributed by atoms with Crippen LogP contribution in [0.5, 0.6) is 0 Å². The lowest BCUT2D eigenvalue weighted by molar-refractivity contribution is 0.273. The first-order valence-electron chi connectivity index (χ1n) is 6.43. The summed E-state index contributed by atoms with van der Waals surface area (Å²) in [5.41, 5.74) is 4.66. The van der Waals surface area contributed by atoms with Gasteiger partial charge in [0.2, 0.25) is 0 Å². The summed E-state index contributed by atoms with van der Waals surface area (Å²) in [4.78, 5) is 4.76. The minimum absolute atomic E-state index is 0.0179. The van der Waals surface area contributed by atoms with E-state index in [1.807, 2.05) is 0 Å². The van der Waals surface area contributed by atoms with Gasteiger partial charge < -0.3 is 9.67 Å². The lowest BCUT2D eigenvalue weighted by Crippen LogP contribution is -2.20. The van der Waals surface area contributed by atoms with E-state index in [0.717, 1.165) is 16.9 Å². The SMILES string of the molecule is Cc1cc2nc(C(C)(C)C)n(CCO)c2cc1C. The summed E-state index contributed by atoms with van der Waals surface area (Å²) >= 11 is 0. The van der Waals surface area contributed by atoms with Crippen LogP contribution in [0.1, 0.15) is 37.7 Å². The van der Waals surface area contributed by atoms with Gasteiger partial charge in [0, 0.05) is 12.0 Å². The highest BCUT2D eigenvalue weighted by atomic mass is 16.3. The van der Waals surface area contributed by atoms with Crippen LogP contribution in [0.15, 0.2) is 12.1 Å². The average molecular weight is 246 g/mol. The number of imidazole rings is 1. The maximum Gasteiger partial charge on any atom is 0.115 e. The lowest BCUT2D eigenvalue weighted by atomic mass is 9.95. The molecule has 3 heteroatoms. The third-order valence-electron chi connectivity index (χ3n) is 3.36. The van der Waals surface area contributed by atoms with Crippen LogP contribution in [-0.2, 0) is 12.0 Å². The number of nitrogens with zero attached hydrogens (tertiary/aromatic N) is 2. The summed E-state index contributed by atoms with van der Waals surface area (Å²) in [7, 11) is 0. The number of aryl methyl sites for hydroxylation is 2. The molecule has 1 N–H and O–H groups in total. The van der Waals surface area contributed by atoms with Crippen LogP contribution in [0.4, 0.5) is 0 Å². The minimum atomic E-state index is -0.0179. The van der Waals surface area contributed by atoms with Gasteiger partial charge in [0.25, 0.3) is 0 Å². The maximum atomic E-state index is 9.26. The van der Waals surface area contributed by atoms with Crippen LogP contribution in [-0.4, -0.2) is 21.3 Å². The Balaban J connectivity index is 2.75. The van der Waals surface area contributed by atoms with Crippen LogP contribution in [0.3, 0.4) is 0 Å². The van der Waals surface area contributed by atoms with E-state index in [0.29, 0.717) is 6.54 Å². The van der Waals surface area contributed by atoms with Crippen molar-refractivity contribution >= 4 is 11.0 Å². The smallest absolute Gasteiger partial charge is 0.115 e. The third-order valence-corrected chi connectivity index (χ3v) is 3.36. The first-order chi connectivity index (χ1) is 8.34. The van der Waals surface area contributed by atoms with Gasteiger partial charge in [-0.1, -0.05) is 20.8 Å². The fraction of sp³-hybridized carbons (Fsp3) is 0.533. The van der Waals surface area contributed by atoms with Gasteiger partial charge in [-0.3, -0.25) is 0 Å². The van der Waals surface area contributed by atoms with E-state index in [-0.39, 0.29) is 12.0 Å². The zero-order valence-electron chi connectivity index (χ0n) is 11.9. The van der Waals surface area contributed by atoms with E-state index in [4.69, 9.17) is 4.98 Å². The van der Waals surface area contributed by atoms with Gasteiger partial charge in [0.05, 0.1) is 17.6 Å². The molecule has 1 aromatic heterocycles. The van der Waals surface area contributed by atoms with E-state index >= 15 is 0 Å². The zero-order valence-corrected chi connectivity index (χ0v) is 11.9. The molecule has 0 radical (unpaired) electrons. The van der Waals surface area contributed by atoms with Crippen LogP contribution >= 0.6 is 0 Å². The van der Waals surface area contributed by atoms with Crippen molar-refractivity contribution in [3.63, 3.8) is 0 Å². The predicted molar refractivity (Wildman–Crippen MR) is 75.0 cm³/mol. The van der Waals surface area contributed by atoms with Gasteiger partial charge in [0.1, 0.15) is 5.82 Å². The molecular formula is C15H22N2O. The second-order valence-electron chi connectivity index (χ2n) is 5.99. The minimum Gasteiger partial charge on any atom is -0.395 e. The van der Waals surface area contributed by atoms with E-state index in [2.05, 4.69) is 51.3 Å². The molecule has 0 saturated heterocycles. The first-order valence-corrected chi connectivity index (χ1v) is 6.43. The Hall–Kier alpha value is -1.35. The van der Waals surface area contributed by atoms with Gasteiger partial charge in [-0.2, -0.15) is 0 Å². The first kappa shape index (κ1) is 13.1. The summed E-state index contributed by atoms with van der Waals surface area (Å²) in [5, 5.41) is 9.26. The van der Waals surface area contributed by atoms with Crippen molar-refractivity contribution in [2.45, 2.75) is 46.6 Å². The molecule has 0 bridgehead atoms. The zero-order chi connectivity index (χ0) is 13.5. The molecular weight excluding hydrogens is 224 g/mol. The van der Waals surface area contributed by atoms with E-state index in [1.54, 1.807) is 0 Å². The normalized spacial score (nSPS) is 12.3. The molecule has 0 atom stereocenters. The number of hydrogen-bond acceptors (Lipinski definition) is 2. The highest BCUT2D eigenvalue weighted by Crippen LogP contribution is 2.27. The fourth-order valence-corrected chi connectivity index (χ4v) is 2.28. The number of benzene rings is 1. The van der Waals surface area contributed by atoms with Crippen LogP contribution in [0.25, 0.3) is 11.0 Å². The monoisotopic (exact) mass is 246 g/mol. The Bertz CT molecular complexity index is 576. The standard InChI is InChI=1S/C15H22N2O/c1-10-8-12-13(9-11(10)2)17(6-7-18)14(16-12)15(3,4)5/h8-9,18H,6-7H2,1-5H3. The summed E-state index contributed by atoms with van der Waals surface area (Å²) in [6.07, 6.45) is 0. The molecule has 0 aliphatic heterocycles. The molecule has 0 unspecified atom stereocenters. The van der Waals surface area contributed by atoms with Gasteiger partial charge in [-0.25, -0.2) is 4.98 Å². The molecule has 0 saturated carbocycles. The molecule has 3 nitrogen and oxygen atoms in total. The van der Waals surface area contributed by atoms with E-state index in [9.17, 15) is 5.11 Å². The number of rotatable bonds is 2. The number of aliphatic hydroxyl groups is 1. The summed E-state index contributed by atoms with van der Waals surface area (Å²) in [5.74, 6) is 1.04. The molecule has 2 aromatic rings. The highest BCUT2D eigenvalue weighted by molar-refractivity contribution is 5.78. The molecule has 0 amide bonds. The Morgan fingerprint density at radius 2 is 1.78 bits per heavy atom. The fourth-order valence-electron chi connectivity index (χ4n) is 2.28. The molecule has 0 aliphatic rings. The van der Waals surface area contributed by atoms with Crippen LogP contribution in [0, 0.1) is 13.8 Å². The van der Waals surface area contributed by atoms with Gasteiger partial charge in [-0.15, -0.1) is 0 Å². The van der Waals surface area contributed by atoms with E-state index in [1.165, 1.54) is 11.1 Å². The number of hydrogen-bond donors (Lipinski definition) is 1. The quantitative estimate of drug-likeness (QED) is 0.884. The summed E-state index contributed by atoms with van der Waals surface area (Å²) < 4.78 is 2.14. The van der Waals surface area contributed by atoms with Crippen molar-refractivity contribution in [2.75, 3.05) is 6.61 Å². The molecule has 0 aliphatic carbocycles. The Morgan fingerprint density at radius 1 is 1.17 bits per heavy atom. The second-order valence-corrected chi connectivity index (χ2v) is 5.99. The Kier molecular flexibility index (Phi) is 3.20. The molecule has 2 rings (SSSR count). The molecule has 0 spiro atoms. The van der Waals surface area contributed by atoms with Crippen LogP contribution < -0.4 is 0 Å². The largest absolute Gasteiger partial charge is 0.395 e. The lowest BCUT2D eigenvalue weighted by Gasteiger charge is -2.19. The number of aromatic nitrogens is 2. The maximum absolute atomic E-state index is 9.26. The molecule has 1 heterocycles. The Labute approximate surface area is 108 Å². The number of aliphatic hydroxyl groups excluding tert-OH is 1. The van der Waals surface area contributed by atoms with Crippen molar-refractivity contribution in [2.24, 2.45) is 0 Å². The van der Waals surface area contributed by atoms with Gasteiger partial charge in [-0.05, 0) is 37.1 Å². The topological polar surface area (TPSA) is 38.0 Å². The molecule has 1 aromatic carbocycles. The van der Waals surface area contributed by atoms with Gasteiger partial charge in [0.15, 0.2) is 0 Å². The second kappa shape index (κ2) is 4.39. The highest BCUT2D eigenvalue weighted by Gasteiger charge is 2.22. The summed E-state index contributed by atoms with van der Waals surface area (Å²) in [6.45, 7) is 11.4. The molecule has 18 heavy (non-hydrogen) atoms. The average Bonchev–Trinajstić information content (AvgIpc) is 2.58. The number of fused-ring (bicyclic) bond motifs is 1. The van der Waals surface area contributed by atoms with Crippen molar-refractivity contribution in [1.29, 1.82) is 0 Å². The predicted octanol–water partition coefficient (Wildman–Crippen LogP) is 2.94. The van der Waals surface area contributed by atoms with E-state index < -0.39 is 0 Å². The third kappa shape index (κ3) is 2.15. The van der Waals surface area contributed by atoms with Crippen molar-refractivity contribution in [1.82, 2.24) is 9.55 Å². The van der Waals surface area contributed by atoms with Crippen molar-refractivity contribution in [3.05, 3.63) is 29.1 Å². The van der Waals surface area contributed by atoms with Gasteiger partial charge >= 0.3 is 0 Å². The van der Waals surface area contributed by atoms with Crippen LogP contribution in [0.2, 0.25) is 0 Å². The van der Waals surface area contributed by atoms with Crippen molar-refractivity contribution in [3.8, 4) is 0 Å². The van der Waals surface area contributed by atoms with Crippen molar-refractivity contribution < 1.29 is 5.11 Å².